The molecule has 0 unspecified atom stereocenters. The lowest BCUT2D eigenvalue weighted by molar-refractivity contribution is 0.746. The Bertz CT molecular complexity index is 274. The molecule has 0 aromatic carbocycles. The van der Waals surface area contributed by atoms with Gasteiger partial charge in [0.1, 0.15) is 0 Å². The molecule has 0 aromatic rings. The fourth-order valence-electron chi connectivity index (χ4n) is 1.59. The summed E-state index contributed by atoms with van der Waals surface area (Å²) in [6.45, 7) is 8.49. The third-order valence-corrected chi connectivity index (χ3v) is 2.30. The topological polar surface area (TPSA) is 12.0 Å². The lowest BCUT2D eigenvalue weighted by Crippen LogP contribution is -2.14. The summed E-state index contributed by atoms with van der Waals surface area (Å²) in [6, 6.07) is 0. The van der Waals surface area contributed by atoms with E-state index in [4.69, 9.17) is 6.42 Å². The lowest BCUT2D eigenvalue weighted by atomic mass is 9.95. The molecule has 1 N–H and O–H groups in total. The summed E-state index contributed by atoms with van der Waals surface area (Å²) in [5.74, 6) is 3.25. The van der Waals surface area contributed by atoms with Gasteiger partial charge in [-0.25, -0.2) is 0 Å². The van der Waals surface area contributed by atoms with Crippen LogP contribution >= 0.6 is 0 Å². The Morgan fingerprint density at radius 2 is 2.07 bits per heavy atom. The fraction of sp³-hybridized carbons (Fsp3) is 0.538. The number of nitrogens with one attached hydrogen (secondary N) is 1. The van der Waals surface area contributed by atoms with Crippen LogP contribution in [-0.2, 0) is 0 Å². The van der Waals surface area contributed by atoms with Gasteiger partial charge in [-0.15, -0.1) is 6.42 Å². The summed E-state index contributed by atoms with van der Waals surface area (Å²) >= 11 is 0. The molecule has 0 radical (unpaired) electrons. The van der Waals surface area contributed by atoms with Crippen molar-refractivity contribution in [3.8, 4) is 12.3 Å². The van der Waals surface area contributed by atoms with Gasteiger partial charge in [0.05, 0.1) is 0 Å². The molecule has 0 bridgehead atoms. The molecule has 14 heavy (non-hydrogen) atoms. The van der Waals surface area contributed by atoms with E-state index in [1.165, 1.54) is 5.57 Å². The van der Waals surface area contributed by atoms with Gasteiger partial charge in [0, 0.05) is 18.3 Å². The van der Waals surface area contributed by atoms with Gasteiger partial charge >= 0.3 is 0 Å². The molecule has 0 heterocycles. The molecule has 0 saturated carbocycles. The zero-order valence-electron chi connectivity index (χ0n) is 9.94. The summed E-state index contributed by atoms with van der Waals surface area (Å²) < 4.78 is 0. The molecule has 0 aliphatic rings. The second kappa shape index (κ2) is 6.32. The molecule has 1 nitrogen and oxygen atoms in total. The summed E-state index contributed by atoms with van der Waals surface area (Å²) in [5, 5.41) is 3.21. The number of likely N-dealkylation sites (N-methyl/N-ethyl adjacent to an activating group) is 1. The van der Waals surface area contributed by atoms with Crippen molar-refractivity contribution in [2.75, 3.05) is 7.05 Å². The minimum Gasteiger partial charge on any atom is -0.387 e. The average Bonchev–Trinajstić information content (AvgIpc) is 2.17. The van der Waals surface area contributed by atoms with Crippen molar-refractivity contribution in [2.45, 2.75) is 34.1 Å². The third-order valence-electron chi connectivity index (χ3n) is 2.30. The van der Waals surface area contributed by atoms with E-state index in [0.717, 1.165) is 17.7 Å². The lowest BCUT2D eigenvalue weighted by Gasteiger charge is -2.17. The predicted octanol–water partition coefficient (Wildman–Crippen LogP) is 3.11. The number of terminal acetylenes is 1. The summed E-state index contributed by atoms with van der Waals surface area (Å²) in [5.41, 5.74) is 3.46. The molecule has 0 rings (SSSR count). The maximum atomic E-state index is 5.48. The van der Waals surface area contributed by atoms with Crippen molar-refractivity contribution in [3.63, 3.8) is 0 Å². The monoisotopic (exact) mass is 191 g/mol. The molecule has 78 valence electrons. The molecule has 0 amide bonds. The van der Waals surface area contributed by atoms with Gasteiger partial charge in [0.15, 0.2) is 0 Å². The first-order valence-electron chi connectivity index (χ1n) is 5.16. The molecule has 0 saturated heterocycles. The highest BCUT2D eigenvalue weighted by atomic mass is 14.8. The van der Waals surface area contributed by atoms with Crippen LogP contribution in [0.1, 0.15) is 34.1 Å². The summed E-state index contributed by atoms with van der Waals surface area (Å²) in [6.07, 6.45) is 8.51. The van der Waals surface area contributed by atoms with E-state index < -0.39 is 0 Å². The van der Waals surface area contributed by atoms with Gasteiger partial charge < -0.3 is 5.32 Å². The Balaban J connectivity index is 5.27. The number of hydrogen-bond donors (Lipinski definition) is 1. The van der Waals surface area contributed by atoms with Gasteiger partial charge in [-0.05, 0) is 24.8 Å². The Morgan fingerprint density at radius 1 is 1.50 bits per heavy atom. The van der Waals surface area contributed by atoms with E-state index in [9.17, 15) is 0 Å². The first-order chi connectivity index (χ1) is 6.62. The smallest absolute Gasteiger partial charge is 0.0486 e. The van der Waals surface area contributed by atoms with Crippen LogP contribution in [0.25, 0.3) is 0 Å². The molecule has 0 aliphatic carbocycles. The SMILES string of the molecule is C#C/C(CC)=C(NC)/C(=C\C)C(C)C. The highest BCUT2D eigenvalue weighted by molar-refractivity contribution is 5.42. The first-order valence-corrected chi connectivity index (χ1v) is 5.16. The molecule has 0 aliphatic heterocycles. The number of hydrogen-bond acceptors (Lipinski definition) is 1. The van der Waals surface area contributed by atoms with Crippen molar-refractivity contribution in [3.05, 3.63) is 22.9 Å². The van der Waals surface area contributed by atoms with Gasteiger partial charge in [-0.3, -0.25) is 0 Å². The Morgan fingerprint density at radius 3 is 2.29 bits per heavy atom. The minimum atomic E-state index is 0.498. The fourth-order valence-corrected chi connectivity index (χ4v) is 1.59. The van der Waals surface area contributed by atoms with Crippen LogP contribution in [-0.4, -0.2) is 7.05 Å². The average molecular weight is 191 g/mol. The molecule has 0 fully saturated rings. The van der Waals surface area contributed by atoms with Crippen molar-refractivity contribution in [1.29, 1.82) is 0 Å². The molecular formula is C13H21N. The first kappa shape index (κ1) is 12.8. The zero-order valence-corrected chi connectivity index (χ0v) is 9.94. The quantitative estimate of drug-likeness (QED) is 0.532. The minimum absolute atomic E-state index is 0.498. The maximum absolute atomic E-state index is 5.48. The normalized spacial score (nSPS) is 13.6. The highest BCUT2D eigenvalue weighted by Gasteiger charge is 2.10. The Hall–Kier alpha value is -1.16. The van der Waals surface area contributed by atoms with Crippen LogP contribution in [0.3, 0.4) is 0 Å². The van der Waals surface area contributed by atoms with Crippen LogP contribution < -0.4 is 5.32 Å². The molecular weight excluding hydrogens is 170 g/mol. The van der Waals surface area contributed by atoms with E-state index in [2.05, 4.69) is 45.0 Å². The van der Waals surface area contributed by atoms with Crippen LogP contribution in [0, 0.1) is 18.3 Å². The Labute approximate surface area is 88.3 Å². The van der Waals surface area contributed by atoms with Gasteiger partial charge in [0.25, 0.3) is 0 Å². The Kier molecular flexibility index (Phi) is 5.79. The van der Waals surface area contributed by atoms with Crippen molar-refractivity contribution in [1.82, 2.24) is 5.32 Å². The van der Waals surface area contributed by atoms with Crippen LogP contribution in [0.5, 0.6) is 0 Å². The molecule has 0 aromatic heterocycles. The summed E-state index contributed by atoms with van der Waals surface area (Å²) in [4.78, 5) is 0. The van der Waals surface area contributed by atoms with Gasteiger partial charge in [0.2, 0.25) is 0 Å². The molecule has 0 spiro atoms. The standard InChI is InChI=1S/C13H21N/c1-7-11(8-2)13(14-6)12(9-3)10(4)5/h1,9-10,14H,8H2,2-6H3/b12-9-,13-11+. The zero-order chi connectivity index (χ0) is 11.1. The second-order valence-corrected chi connectivity index (χ2v) is 3.50. The van der Waals surface area contributed by atoms with E-state index >= 15 is 0 Å². The van der Waals surface area contributed by atoms with E-state index in [1.54, 1.807) is 0 Å². The summed E-state index contributed by atoms with van der Waals surface area (Å²) in [7, 11) is 1.92. The predicted molar refractivity (Wildman–Crippen MR) is 63.8 cm³/mol. The van der Waals surface area contributed by atoms with E-state index in [0.29, 0.717) is 5.92 Å². The molecule has 0 atom stereocenters. The number of rotatable bonds is 4. The largest absolute Gasteiger partial charge is 0.387 e. The van der Waals surface area contributed by atoms with Gasteiger partial charge in [-0.1, -0.05) is 32.8 Å². The highest BCUT2D eigenvalue weighted by Crippen LogP contribution is 2.21. The van der Waals surface area contributed by atoms with Crippen molar-refractivity contribution < 1.29 is 0 Å². The van der Waals surface area contributed by atoms with Crippen LogP contribution in [0.4, 0.5) is 0 Å². The van der Waals surface area contributed by atoms with Crippen LogP contribution in [0.15, 0.2) is 22.9 Å². The van der Waals surface area contributed by atoms with Crippen LogP contribution in [0.2, 0.25) is 0 Å². The molecule has 1 heteroatoms. The van der Waals surface area contributed by atoms with Crippen molar-refractivity contribution >= 4 is 0 Å². The third kappa shape index (κ3) is 2.96. The van der Waals surface area contributed by atoms with E-state index in [1.807, 2.05) is 7.05 Å². The van der Waals surface area contributed by atoms with E-state index in [-0.39, 0.29) is 0 Å². The number of allylic oxidation sites excluding steroid dienone is 3. The maximum Gasteiger partial charge on any atom is 0.0486 e. The van der Waals surface area contributed by atoms with Gasteiger partial charge in [-0.2, -0.15) is 0 Å². The second-order valence-electron chi connectivity index (χ2n) is 3.50. The van der Waals surface area contributed by atoms with Crippen molar-refractivity contribution in [2.24, 2.45) is 5.92 Å².